The van der Waals surface area contributed by atoms with Gasteiger partial charge in [-0.2, -0.15) is 0 Å². The number of methoxy groups -OCH3 is 1. The van der Waals surface area contributed by atoms with Gasteiger partial charge >= 0.3 is 5.97 Å². The maximum absolute atomic E-state index is 11.8. The van der Waals surface area contributed by atoms with Gasteiger partial charge in [0.15, 0.2) is 5.60 Å². The standard InChI is InChI=1S/C12H23NO5/c1-9(14)18-11(2,3)10(15)13-8-12(4,16)6-7-17-5/h16H,6-8H2,1-5H3,(H,13,15). The second-order valence-corrected chi connectivity index (χ2v) is 5.03. The van der Waals surface area contributed by atoms with Crippen molar-refractivity contribution in [2.45, 2.75) is 45.3 Å². The van der Waals surface area contributed by atoms with Crippen molar-refractivity contribution < 1.29 is 24.2 Å². The Morgan fingerprint density at radius 2 is 1.83 bits per heavy atom. The number of carbonyl (C=O) groups is 2. The van der Waals surface area contributed by atoms with Crippen LogP contribution in [0.4, 0.5) is 0 Å². The van der Waals surface area contributed by atoms with E-state index in [1.165, 1.54) is 20.8 Å². The van der Waals surface area contributed by atoms with Crippen LogP contribution in [0, 0.1) is 0 Å². The molecule has 0 aliphatic carbocycles. The average Bonchev–Trinajstić information content (AvgIpc) is 2.21. The van der Waals surface area contributed by atoms with E-state index >= 15 is 0 Å². The molecule has 0 fully saturated rings. The maximum atomic E-state index is 11.8. The van der Waals surface area contributed by atoms with Crippen LogP contribution >= 0.6 is 0 Å². The van der Waals surface area contributed by atoms with Crippen LogP contribution in [0.5, 0.6) is 0 Å². The lowest BCUT2D eigenvalue weighted by Crippen LogP contribution is -2.50. The Labute approximate surface area is 108 Å². The van der Waals surface area contributed by atoms with Crippen LogP contribution in [-0.4, -0.2) is 48.4 Å². The number of hydrogen-bond acceptors (Lipinski definition) is 5. The van der Waals surface area contributed by atoms with Crippen LogP contribution in [0.25, 0.3) is 0 Å². The minimum Gasteiger partial charge on any atom is -0.450 e. The minimum atomic E-state index is -1.25. The van der Waals surface area contributed by atoms with E-state index < -0.39 is 23.1 Å². The summed E-state index contributed by atoms with van der Waals surface area (Å²) in [6.45, 7) is 6.30. The van der Waals surface area contributed by atoms with Gasteiger partial charge in [0.05, 0.1) is 5.60 Å². The summed E-state index contributed by atoms with van der Waals surface area (Å²) in [4.78, 5) is 22.6. The lowest BCUT2D eigenvalue weighted by Gasteiger charge is -2.27. The summed E-state index contributed by atoms with van der Waals surface area (Å²) in [6, 6.07) is 0. The molecule has 0 aromatic heterocycles. The molecular formula is C12H23NO5. The summed E-state index contributed by atoms with van der Waals surface area (Å²) < 4.78 is 9.75. The molecule has 0 aliphatic heterocycles. The van der Waals surface area contributed by atoms with Crippen molar-refractivity contribution >= 4 is 11.9 Å². The Kier molecular flexibility index (Phi) is 6.28. The first-order valence-electron chi connectivity index (χ1n) is 5.80. The molecule has 0 aromatic carbocycles. The Morgan fingerprint density at radius 3 is 2.28 bits per heavy atom. The largest absolute Gasteiger partial charge is 0.450 e. The summed E-state index contributed by atoms with van der Waals surface area (Å²) in [7, 11) is 1.54. The number of nitrogens with one attached hydrogen (secondary N) is 1. The van der Waals surface area contributed by atoms with Crippen molar-refractivity contribution in [1.82, 2.24) is 5.32 Å². The molecule has 6 heteroatoms. The third kappa shape index (κ3) is 6.56. The van der Waals surface area contributed by atoms with Gasteiger partial charge in [0.25, 0.3) is 5.91 Å². The van der Waals surface area contributed by atoms with Crippen molar-refractivity contribution in [1.29, 1.82) is 0 Å². The van der Waals surface area contributed by atoms with Crippen LogP contribution in [0.1, 0.15) is 34.1 Å². The summed E-state index contributed by atoms with van der Waals surface area (Å²) in [5.74, 6) is -0.975. The van der Waals surface area contributed by atoms with E-state index in [0.29, 0.717) is 13.0 Å². The molecule has 1 atom stereocenters. The molecule has 0 saturated heterocycles. The zero-order chi connectivity index (χ0) is 14.4. The fourth-order valence-electron chi connectivity index (χ4n) is 1.30. The van der Waals surface area contributed by atoms with Crippen molar-refractivity contribution in [3.05, 3.63) is 0 Å². The van der Waals surface area contributed by atoms with Gasteiger partial charge in [0.1, 0.15) is 0 Å². The topological polar surface area (TPSA) is 84.9 Å². The van der Waals surface area contributed by atoms with E-state index in [-0.39, 0.29) is 6.54 Å². The van der Waals surface area contributed by atoms with E-state index in [9.17, 15) is 14.7 Å². The van der Waals surface area contributed by atoms with Crippen LogP contribution in [0.3, 0.4) is 0 Å². The van der Waals surface area contributed by atoms with Gasteiger partial charge in [-0.1, -0.05) is 0 Å². The molecular weight excluding hydrogens is 238 g/mol. The van der Waals surface area contributed by atoms with E-state index in [0.717, 1.165) is 0 Å². The fourth-order valence-corrected chi connectivity index (χ4v) is 1.30. The van der Waals surface area contributed by atoms with Crippen molar-refractivity contribution in [3.8, 4) is 0 Å². The van der Waals surface area contributed by atoms with Gasteiger partial charge in [-0.15, -0.1) is 0 Å². The predicted molar refractivity (Wildman–Crippen MR) is 66.0 cm³/mol. The molecule has 1 amide bonds. The summed E-state index contributed by atoms with van der Waals surface area (Å²) in [5.41, 5.74) is -2.30. The van der Waals surface area contributed by atoms with Crippen molar-refractivity contribution in [2.24, 2.45) is 0 Å². The van der Waals surface area contributed by atoms with Crippen LogP contribution in [0.2, 0.25) is 0 Å². The number of rotatable bonds is 7. The van der Waals surface area contributed by atoms with Crippen molar-refractivity contribution in [2.75, 3.05) is 20.3 Å². The Morgan fingerprint density at radius 1 is 1.28 bits per heavy atom. The third-order valence-electron chi connectivity index (χ3n) is 2.42. The monoisotopic (exact) mass is 261 g/mol. The first kappa shape index (κ1) is 16.9. The molecule has 0 heterocycles. The summed E-state index contributed by atoms with van der Waals surface area (Å²) in [6.07, 6.45) is 0.401. The molecule has 0 spiro atoms. The minimum absolute atomic E-state index is 0.0693. The molecule has 0 aliphatic rings. The van der Waals surface area contributed by atoms with Gasteiger partial charge in [-0.25, -0.2) is 0 Å². The molecule has 6 nitrogen and oxygen atoms in total. The number of esters is 1. The molecule has 0 bridgehead atoms. The zero-order valence-corrected chi connectivity index (χ0v) is 11.7. The smallest absolute Gasteiger partial charge is 0.303 e. The van der Waals surface area contributed by atoms with Gasteiger partial charge in [-0.05, 0) is 20.8 Å². The molecule has 18 heavy (non-hydrogen) atoms. The molecule has 0 radical (unpaired) electrons. The van der Waals surface area contributed by atoms with Crippen LogP contribution < -0.4 is 5.32 Å². The van der Waals surface area contributed by atoms with Gasteiger partial charge in [0, 0.05) is 33.6 Å². The molecule has 0 aromatic rings. The van der Waals surface area contributed by atoms with Crippen LogP contribution in [0.15, 0.2) is 0 Å². The van der Waals surface area contributed by atoms with Crippen LogP contribution in [-0.2, 0) is 19.1 Å². The van der Waals surface area contributed by atoms with Crippen molar-refractivity contribution in [3.63, 3.8) is 0 Å². The fraction of sp³-hybridized carbons (Fsp3) is 0.833. The lowest BCUT2D eigenvalue weighted by molar-refractivity contribution is -0.163. The predicted octanol–water partition coefficient (Wildman–Crippen LogP) is 0.232. The third-order valence-corrected chi connectivity index (χ3v) is 2.42. The average molecular weight is 261 g/mol. The van der Waals surface area contributed by atoms with Gasteiger partial charge in [0.2, 0.25) is 0 Å². The number of amides is 1. The number of ether oxygens (including phenoxy) is 2. The maximum Gasteiger partial charge on any atom is 0.303 e. The molecule has 2 N–H and O–H groups in total. The van der Waals surface area contributed by atoms with E-state index in [4.69, 9.17) is 9.47 Å². The first-order chi connectivity index (χ1) is 8.10. The number of carbonyl (C=O) groups excluding carboxylic acids is 2. The molecule has 1 unspecified atom stereocenters. The Bertz CT molecular complexity index is 299. The number of aliphatic hydroxyl groups is 1. The first-order valence-corrected chi connectivity index (χ1v) is 5.80. The highest BCUT2D eigenvalue weighted by Crippen LogP contribution is 2.12. The Hall–Kier alpha value is -1.14. The van der Waals surface area contributed by atoms with E-state index in [2.05, 4.69) is 5.32 Å². The summed E-state index contributed by atoms with van der Waals surface area (Å²) >= 11 is 0. The molecule has 106 valence electrons. The van der Waals surface area contributed by atoms with Gasteiger partial charge in [-0.3, -0.25) is 9.59 Å². The van der Waals surface area contributed by atoms with E-state index in [1.807, 2.05) is 0 Å². The highest BCUT2D eigenvalue weighted by atomic mass is 16.6. The Balaban J connectivity index is 4.28. The molecule has 0 rings (SSSR count). The lowest BCUT2D eigenvalue weighted by atomic mass is 10.0. The second kappa shape index (κ2) is 6.70. The summed E-state index contributed by atoms with van der Waals surface area (Å²) in [5, 5.41) is 12.5. The normalized spacial score (nSPS) is 14.8. The molecule has 0 saturated carbocycles. The quantitative estimate of drug-likeness (QED) is 0.641. The SMILES string of the molecule is COCCC(C)(O)CNC(=O)C(C)(C)OC(C)=O. The number of hydrogen-bond donors (Lipinski definition) is 2. The van der Waals surface area contributed by atoms with Gasteiger partial charge < -0.3 is 19.9 Å². The second-order valence-electron chi connectivity index (χ2n) is 5.03. The highest BCUT2D eigenvalue weighted by Gasteiger charge is 2.32. The zero-order valence-electron chi connectivity index (χ0n) is 11.7. The van der Waals surface area contributed by atoms with E-state index in [1.54, 1.807) is 14.0 Å². The highest BCUT2D eigenvalue weighted by molar-refractivity contribution is 5.86.